The van der Waals surface area contributed by atoms with Crippen molar-refractivity contribution < 1.29 is 4.79 Å². The number of rotatable bonds is 3. The van der Waals surface area contributed by atoms with E-state index < -0.39 is 0 Å². The minimum atomic E-state index is 0.231. The predicted molar refractivity (Wildman–Crippen MR) is 80.9 cm³/mol. The van der Waals surface area contributed by atoms with Gasteiger partial charge in [-0.1, -0.05) is 24.8 Å². The highest BCUT2D eigenvalue weighted by Crippen LogP contribution is 2.21. The van der Waals surface area contributed by atoms with Crippen LogP contribution < -0.4 is 0 Å². The molecular formula is C15H19N3OS. The van der Waals surface area contributed by atoms with Gasteiger partial charge in [0.2, 0.25) is 5.91 Å². The number of thioether (sulfide) groups is 1. The molecule has 5 heteroatoms. The highest BCUT2D eigenvalue weighted by Gasteiger charge is 2.21. The molecule has 1 saturated heterocycles. The summed E-state index contributed by atoms with van der Waals surface area (Å²) in [5.41, 5.74) is 1.06. The molecule has 0 aromatic carbocycles. The lowest BCUT2D eigenvalue weighted by Crippen LogP contribution is -2.40. The van der Waals surface area contributed by atoms with Gasteiger partial charge in [0, 0.05) is 19.3 Å². The molecule has 106 valence electrons. The van der Waals surface area contributed by atoms with Gasteiger partial charge >= 0.3 is 0 Å². The van der Waals surface area contributed by atoms with Crippen molar-refractivity contribution in [3.63, 3.8) is 0 Å². The Morgan fingerprint density at radius 3 is 3.25 bits per heavy atom. The third kappa shape index (κ3) is 2.82. The first-order valence-corrected chi connectivity index (χ1v) is 8.05. The molecule has 2 aromatic heterocycles. The summed E-state index contributed by atoms with van der Waals surface area (Å²) in [6.07, 6.45) is 6.19. The highest BCUT2D eigenvalue weighted by atomic mass is 32.2. The number of piperidine rings is 1. The van der Waals surface area contributed by atoms with Crippen LogP contribution in [0.4, 0.5) is 0 Å². The minimum absolute atomic E-state index is 0.231. The Bertz CT molecular complexity index is 610. The monoisotopic (exact) mass is 289 g/mol. The maximum Gasteiger partial charge on any atom is 0.233 e. The van der Waals surface area contributed by atoms with Crippen molar-refractivity contribution in [2.75, 3.05) is 18.8 Å². The zero-order valence-electron chi connectivity index (χ0n) is 11.7. The van der Waals surface area contributed by atoms with Crippen molar-refractivity contribution >= 4 is 23.2 Å². The molecule has 4 nitrogen and oxygen atoms in total. The van der Waals surface area contributed by atoms with Crippen LogP contribution in [0.25, 0.3) is 5.52 Å². The van der Waals surface area contributed by atoms with E-state index in [2.05, 4.69) is 11.9 Å². The number of hydrogen-bond acceptors (Lipinski definition) is 3. The summed E-state index contributed by atoms with van der Waals surface area (Å²) < 4.78 is 2.02. The largest absolute Gasteiger partial charge is 0.342 e. The molecule has 20 heavy (non-hydrogen) atoms. The van der Waals surface area contributed by atoms with E-state index in [1.165, 1.54) is 18.2 Å². The number of carbonyl (C=O) groups excluding carboxylic acids is 1. The number of aromatic nitrogens is 2. The third-order valence-electron chi connectivity index (χ3n) is 3.74. The van der Waals surface area contributed by atoms with Crippen molar-refractivity contribution in [2.24, 2.45) is 5.92 Å². The van der Waals surface area contributed by atoms with E-state index in [1.54, 1.807) is 0 Å². The summed E-state index contributed by atoms with van der Waals surface area (Å²) in [7, 11) is 0. The van der Waals surface area contributed by atoms with Crippen molar-refractivity contribution in [1.82, 2.24) is 14.3 Å². The normalized spacial score (nSPS) is 19.4. The fraction of sp³-hybridized carbons (Fsp3) is 0.467. The number of likely N-dealkylation sites (tertiary alicyclic amines) is 1. The number of imidazole rings is 1. The van der Waals surface area contributed by atoms with Crippen LogP contribution in [-0.4, -0.2) is 39.0 Å². The molecule has 0 spiro atoms. The van der Waals surface area contributed by atoms with Crippen molar-refractivity contribution in [3.8, 4) is 0 Å². The van der Waals surface area contributed by atoms with Gasteiger partial charge in [0.05, 0.1) is 17.5 Å². The molecule has 0 radical (unpaired) electrons. The molecule has 0 aliphatic carbocycles. The zero-order valence-corrected chi connectivity index (χ0v) is 12.5. The van der Waals surface area contributed by atoms with Crippen LogP contribution in [0.15, 0.2) is 35.7 Å². The van der Waals surface area contributed by atoms with Gasteiger partial charge in [0.1, 0.15) is 0 Å². The van der Waals surface area contributed by atoms with Crippen LogP contribution in [0.2, 0.25) is 0 Å². The summed E-state index contributed by atoms with van der Waals surface area (Å²) in [6.45, 7) is 4.03. The van der Waals surface area contributed by atoms with E-state index in [-0.39, 0.29) is 5.91 Å². The number of fused-ring (bicyclic) bond motifs is 1. The zero-order chi connectivity index (χ0) is 13.9. The van der Waals surface area contributed by atoms with Gasteiger partial charge in [-0.2, -0.15) is 0 Å². The van der Waals surface area contributed by atoms with E-state index in [4.69, 9.17) is 0 Å². The van der Waals surface area contributed by atoms with E-state index in [9.17, 15) is 4.79 Å². The molecule has 1 amide bonds. The maximum atomic E-state index is 12.2. The summed E-state index contributed by atoms with van der Waals surface area (Å²) in [6, 6.07) is 5.99. The number of hydrogen-bond donors (Lipinski definition) is 0. The first-order chi connectivity index (χ1) is 9.74. The van der Waals surface area contributed by atoms with Gasteiger partial charge in [-0.15, -0.1) is 0 Å². The second kappa shape index (κ2) is 5.87. The fourth-order valence-electron chi connectivity index (χ4n) is 2.66. The molecule has 0 unspecified atom stereocenters. The summed E-state index contributed by atoms with van der Waals surface area (Å²) in [4.78, 5) is 18.6. The Kier molecular flexibility index (Phi) is 3.96. The van der Waals surface area contributed by atoms with Crippen LogP contribution in [0, 0.1) is 5.92 Å². The Labute approximate surface area is 123 Å². The number of nitrogens with zero attached hydrogens (tertiary/aromatic N) is 3. The van der Waals surface area contributed by atoms with Crippen LogP contribution in [0.5, 0.6) is 0 Å². The fourth-order valence-corrected chi connectivity index (χ4v) is 3.53. The molecular weight excluding hydrogens is 270 g/mol. The first-order valence-electron chi connectivity index (χ1n) is 7.06. The van der Waals surface area contributed by atoms with E-state index in [1.807, 2.05) is 39.9 Å². The van der Waals surface area contributed by atoms with Crippen LogP contribution >= 0.6 is 11.8 Å². The van der Waals surface area contributed by atoms with E-state index in [0.29, 0.717) is 11.7 Å². The molecule has 1 aliphatic heterocycles. The smallest absolute Gasteiger partial charge is 0.233 e. The lowest BCUT2D eigenvalue weighted by Gasteiger charge is -2.30. The Morgan fingerprint density at radius 2 is 2.40 bits per heavy atom. The molecule has 1 fully saturated rings. The standard InChI is InChI=1S/C15H19N3OS/c1-12-5-4-7-17(10-12)14(19)11-20-15-16-9-13-6-2-3-8-18(13)15/h2-3,6,8-9,12H,4-5,7,10-11H2,1H3/t12-/m0/s1. The van der Waals surface area contributed by atoms with Gasteiger partial charge in [-0.05, 0) is 30.9 Å². The lowest BCUT2D eigenvalue weighted by atomic mass is 10.0. The van der Waals surface area contributed by atoms with Crippen LogP contribution in [0.3, 0.4) is 0 Å². The van der Waals surface area contributed by atoms with Gasteiger partial charge in [0.25, 0.3) is 0 Å². The lowest BCUT2D eigenvalue weighted by molar-refractivity contribution is -0.130. The third-order valence-corrected chi connectivity index (χ3v) is 4.69. The number of amides is 1. The number of carbonyl (C=O) groups is 1. The summed E-state index contributed by atoms with van der Waals surface area (Å²) in [5, 5.41) is 0.888. The van der Waals surface area contributed by atoms with Crippen molar-refractivity contribution in [3.05, 3.63) is 30.6 Å². The Morgan fingerprint density at radius 1 is 1.50 bits per heavy atom. The SMILES string of the molecule is C[C@H]1CCCN(C(=O)CSc2ncc3ccccn23)C1. The van der Waals surface area contributed by atoms with Gasteiger partial charge in [-0.3, -0.25) is 9.20 Å². The average molecular weight is 289 g/mol. The predicted octanol–water partition coefficient (Wildman–Crippen LogP) is 2.68. The second-order valence-corrected chi connectivity index (χ2v) is 6.35. The molecule has 0 N–H and O–H groups in total. The summed E-state index contributed by atoms with van der Waals surface area (Å²) in [5.74, 6) is 1.33. The Balaban J connectivity index is 1.63. The first kappa shape index (κ1) is 13.5. The van der Waals surface area contributed by atoms with Gasteiger partial charge < -0.3 is 4.90 Å². The van der Waals surface area contributed by atoms with Crippen molar-refractivity contribution in [2.45, 2.75) is 24.9 Å². The van der Waals surface area contributed by atoms with Crippen LogP contribution in [0.1, 0.15) is 19.8 Å². The molecule has 0 bridgehead atoms. The molecule has 1 aliphatic rings. The second-order valence-electron chi connectivity index (χ2n) is 5.41. The van der Waals surface area contributed by atoms with Gasteiger partial charge in [-0.25, -0.2) is 4.98 Å². The van der Waals surface area contributed by atoms with Crippen LogP contribution in [-0.2, 0) is 4.79 Å². The maximum absolute atomic E-state index is 12.2. The Hall–Kier alpha value is -1.49. The molecule has 1 atom stereocenters. The number of pyridine rings is 1. The minimum Gasteiger partial charge on any atom is -0.342 e. The molecule has 0 saturated carbocycles. The van der Waals surface area contributed by atoms with Gasteiger partial charge in [0.15, 0.2) is 5.16 Å². The van der Waals surface area contributed by atoms with Crippen molar-refractivity contribution in [1.29, 1.82) is 0 Å². The molecule has 2 aromatic rings. The highest BCUT2D eigenvalue weighted by molar-refractivity contribution is 7.99. The van der Waals surface area contributed by atoms with E-state index >= 15 is 0 Å². The topological polar surface area (TPSA) is 37.6 Å². The van der Waals surface area contributed by atoms with E-state index in [0.717, 1.165) is 30.2 Å². The average Bonchev–Trinajstić information content (AvgIpc) is 2.88. The summed E-state index contributed by atoms with van der Waals surface area (Å²) >= 11 is 1.52. The molecule has 3 heterocycles. The quantitative estimate of drug-likeness (QED) is 0.815. The molecule has 3 rings (SSSR count).